The van der Waals surface area contributed by atoms with Crippen molar-refractivity contribution in [1.82, 2.24) is 9.72 Å². The van der Waals surface area contributed by atoms with Gasteiger partial charge in [0, 0.05) is 30.0 Å². The zero-order valence-electron chi connectivity index (χ0n) is 15.5. The minimum absolute atomic E-state index is 0.160. The van der Waals surface area contributed by atoms with E-state index >= 15 is 0 Å². The number of benzene rings is 2. The maximum absolute atomic E-state index is 13.1. The smallest absolute Gasteiger partial charge is 0.378 e. The molecule has 0 bridgehead atoms. The highest BCUT2D eigenvalue weighted by Gasteiger charge is 2.16. The molecule has 2 aromatic carbocycles. The van der Waals surface area contributed by atoms with Crippen LogP contribution in [-0.2, 0) is 16.1 Å². The predicted molar refractivity (Wildman–Crippen MR) is 104 cm³/mol. The van der Waals surface area contributed by atoms with Crippen molar-refractivity contribution in [2.75, 3.05) is 36.5 Å². The molecule has 1 aliphatic heterocycles. The van der Waals surface area contributed by atoms with Crippen LogP contribution >= 0.6 is 0 Å². The topological polar surface area (TPSA) is 89.6 Å². The van der Waals surface area contributed by atoms with Crippen LogP contribution in [0.3, 0.4) is 0 Å². The maximum Gasteiger partial charge on any atom is 0.442 e. The van der Waals surface area contributed by atoms with Crippen molar-refractivity contribution in [3.05, 3.63) is 64.9 Å². The molecule has 4 rings (SSSR count). The number of morpholine rings is 1. The van der Waals surface area contributed by atoms with Gasteiger partial charge in [-0.15, -0.1) is 0 Å². The van der Waals surface area contributed by atoms with Gasteiger partial charge >= 0.3 is 5.76 Å². The highest BCUT2D eigenvalue weighted by molar-refractivity contribution is 5.91. The number of rotatable bonds is 5. The molecular formula is C20H19FN4O4. The largest absolute Gasteiger partial charge is 0.442 e. The molecule has 150 valence electrons. The van der Waals surface area contributed by atoms with Gasteiger partial charge in [0.1, 0.15) is 12.4 Å². The number of aromatic nitrogens is 2. The van der Waals surface area contributed by atoms with Crippen molar-refractivity contribution in [1.29, 1.82) is 0 Å². The van der Waals surface area contributed by atoms with Crippen molar-refractivity contribution in [3.63, 3.8) is 0 Å². The minimum atomic E-state index is -0.762. The summed E-state index contributed by atoms with van der Waals surface area (Å²) in [5.41, 5.74) is 2.14. The molecule has 0 atom stereocenters. The SMILES string of the molecule is O=C(Cn1c(-c2ccc(F)cc2)noc1=O)Nc1ccc(N2CCOCC2)cc1. The van der Waals surface area contributed by atoms with Crippen LogP contribution in [0.15, 0.2) is 57.8 Å². The molecule has 8 nitrogen and oxygen atoms in total. The van der Waals surface area contributed by atoms with E-state index in [9.17, 15) is 14.0 Å². The predicted octanol–water partition coefficient (Wildman–Crippen LogP) is 2.12. The van der Waals surface area contributed by atoms with Crippen LogP contribution in [0.25, 0.3) is 11.4 Å². The standard InChI is InChI=1S/C20H19FN4O4/c21-15-3-1-14(2-4-15)19-23-29-20(27)25(19)13-18(26)22-16-5-7-17(8-6-16)24-9-11-28-12-10-24/h1-8H,9-13H2,(H,22,26). The zero-order valence-corrected chi connectivity index (χ0v) is 15.5. The van der Waals surface area contributed by atoms with Crippen molar-refractivity contribution < 1.29 is 18.4 Å². The lowest BCUT2D eigenvalue weighted by atomic mass is 10.2. The van der Waals surface area contributed by atoms with Crippen LogP contribution in [0.5, 0.6) is 0 Å². The van der Waals surface area contributed by atoms with E-state index in [2.05, 4.69) is 19.9 Å². The van der Waals surface area contributed by atoms with Crippen LogP contribution in [-0.4, -0.2) is 41.9 Å². The molecule has 29 heavy (non-hydrogen) atoms. The monoisotopic (exact) mass is 398 g/mol. The second-order valence-corrected chi connectivity index (χ2v) is 6.56. The summed E-state index contributed by atoms with van der Waals surface area (Å²) in [4.78, 5) is 26.6. The number of hydrogen-bond acceptors (Lipinski definition) is 6. The lowest BCUT2D eigenvalue weighted by molar-refractivity contribution is -0.116. The number of amides is 1. The van der Waals surface area contributed by atoms with Gasteiger partial charge in [0.25, 0.3) is 0 Å². The van der Waals surface area contributed by atoms with Crippen LogP contribution in [0, 0.1) is 5.82 Å². The number of nitrogens with one attached hydrogen (secondary N) is 1. The maximum atomic E-state index is 13.1. The fraction of sp³-hybridized carbons (Fsp3) is 0.250. The second kappa shape index (κ2) is 8.27. The summed E-state index contributed by atoms with van der Waals surface area (Å²) >= 11 is 0. The molecule has 1 aliphatic rings. The van der Waals surface area contributed by atoms with Crippen LogP contribution < -0.4 is 16.0 Å². The minimum Gasteiger partial charge on any atom is -0.378 e. The molecule has 1 saturated heterocycles. The van der Waals surface area contributed by atoms with Gasteiger partial charge in [0.2, 0.25) is 5.91 Å². The van der Waals surface area contributed by atoms with Crippen molar-refractivity contribution in [2.24, 2.45) is 0 Å². The van der Waals surface area contributed by atoms with Gasteiger partial charge in [-0.05, 0) is 48.5 Å². The van der Waals surface area contributed by atoms with E-state index in [1.807, 2.05) is 12.1 Å². The lowest BCUT2D eigenvalue weighted by Crippen LogP contribution is -2.36. The summed E-state index contributed by atoms with van der Waals surface area (Å²) in [6.07, 6.45) is 0. The number of carbonyl (C=O) groups excluding carboxylic acids is 1. The summed E-state index contributed by atoms with van der Waals surface area (Å²) in [5, 5.41) is 6.45. The van der Waals surface area contributed by atoms with E-state index in [1.165, 1.54) is 24.3 Å². The Labute approximate surface area is 165 Å². The lowest BCUT2D eigenvalue weighted by Gasteiger charge is -2.28. The van der Waals surface area contributed by atoms with Gasteiger partial charge in [-0.25, -0.2) is 13.8 Å². The summed E-state index contributed by atoms with van der Waals surface area (Å²) in [6.45, 7) is 2.77. The first-order valence-electron chi connectivity index (χ1n) is 9.15. The normalized spacial score (nSPS) is 14.0. The zero-order chi connectivity index (χ0) is 20.2. The van der Waals surface area contributed by atoms with E-state index in [1.54, 1.807) is 12.1 Å². The van der Waals surface area contributed by atoms with Gasteiger partial charge in [0.05, 0.1) is 13.2 Å². The van der Waals surface area contributed by atoms with Crippen LogP contribution in [0.4, 0.5) is 15.8 Å². The third-order valence-corrected chi connectivity index (χ3v) is 4.62. The molecule has 1 amide bonds. The summed E-state index contributed by atoms with van der Waals surface area (Å²) in [5.74, 6) is -1.42. The fourth-order valence-electron chi connectivity index (χ4n) is 3.14. The molecule has 1 fully saturated rings. The molecule has 0 saturated carbocycles. The first-order chi connectivity index (χ1) is 14.1. The number of halogens is 1. The Morgan fingerprint density at radius 2 is 1.76 bits per heavy atom. The molecule has 0 aliphatic carbocycles. The Balaban J connectivity index is 1.44. The Kier molecular flexibility index (Phi) is 5.39. The van der Waals surface area contributed by atoms with E-state index in [0.29, 0.717) is 24.5 Å². The van der Waals surface area contributed by atoms with Gasteiger partial charge < -0.3 is 15.0 Å². The van der Waals surface area contributed by atoms with Crippen molar-refractivity contribution in [2.45, 2.75) is 6.54 Å². The van der Waals surface area contributed by atoms with Gasteiger partial charge in [0.15, 0.2) is 5.82 Å². The van der Waals surface area contributed by atoms with E-state index < -0.39 is 17.5 Å². The summed E-state index contributed by atoms with van der Waals surface area (Å²) in [7, 11) is 0. The fourth-order valence-corrected chi connectivity index (χ4v) is 3.14. The molecule has 3 aromatic rings. The second-order valence-electron chi connectivity index (χ2n) is 6.56. The summed E-state index contributed by atoms with van der Waals surface area (Å²) < 4.78 is 24.3. The first kappa shape index (κ1) is 18.9. The molecular weight excluding hydrogens is 379 g/mol. The van der Waals surface area contributed by atoms with E-state index in [0.717, 1.165) is 23.3 Å². The van der Waals surface area contributed by atoms with E-state index in [-0.39, 0.29) is 12.4 Å². The highest BCUT2D eigenvalue weighted by atomic mass is 19.1. The third kappa shape index (κ3) is 4.35. The van der Waals surface area contributed by atoms with Crippen molar-refractivity contribution >= 4 is 17.3 Å². The number of nitrogens with zero attached hydrogens (tertiary/aromatic N) is 3. The molecule has 9 heteroatoms. The van der Waals surface area contributed by atoms with Gasteiger partial charge in [-0.1, -0.05) is 5.16 Å². The number of hydrogen-bond donors (Lipinski definition) is 1. The Morgan fingerprint density at radius 3 is 2.45 bits per heavy atom. The molecule has 0 spiro atoms. The quantitative estimate of drug-likeness (QED) is 0.708. The van der Waals surface area contributed by atoms with Crippen LogP contribution in [0.2, 0.25) is 0 Å². The molecule has 0 radical (unpaired) electrons. The first-order valence-corrected chi connectivity index (χ1v) is 9.15. The van der Waals surface area contributed by atoms with E-state index in [4.69, 9.17) is 4.74 Å². The number of ether oxygens (including phenoxy) is 1. The van der Waals surface area contributed by atoms with Gasteiger partial charge in [-0.3, -0.25) is 9.32 Å². The third-order valence-electron chi connectivity index (χ3n) is 4.62. The average molecular weight is 398 g/mol. The molecule has 2 heterocycles. The number of carbonyl (C=O) groups is 1. The number of anilines is 2. The summed E-state index contributed by atoms with van der Waals surface area (Å²) in [6, 6.07) is 12.9. The highest BCUT2D eigenvalue weighted by Crippen LogP contribution is 2.20. The Hall–Kier alpha value is -3.46. The van der Waals surface area contributed by atoms with Crippen molar-refractivity contribution in [3.8, 4) is 11.4 Å². The van der Waals surface area contributed by atoms with Crippen LogP contribution in [0.1, 0.15) is 0 Å². The Morgan fingerprint density at radius 1 is 1.07 bits per heavy atom. The molecule has 1 N–H and O–H groups in total. The Bertz CT molecular complexity index is 1040. The molecule has 1 aromatic heterocycles. The molecule has 0 unspecified atom stereocenters. The average Bonchev–Trinajstić information content (AvgIpc) is 3.10. The van der Waals surface area contributed by atoms with Gasteiger partial charge in [-0.2, -0.15) is 0 Å².